The fourth-order valence-electron chi connectivity index (χ4n) is 1.68. The van der Waals surface area contributed by atoms with Gasteiger partial charge in [-0.25, -0.2) is 16.8 Å². The van der Waals surface area contributed by atoms with Crippen molar-refractivity contribution in [2.45, 2.75) is 37.5 Å². The average molecular weight is 354 g/mol. The number of alkyl halides is 1. The number of halogens is 1. The summed E-state index contributed by atoms with van der Waals surface area (Å²) in [7, 11) is -7.95. The summed E-state index contributed by atoms with van der Waals surface area (Å²) in [4.78, 5) is -0.0622. The van der Waals surface area contributed by atoms with Crippen molar-refractivity contribution in [3.05, 3.63) is 29.8 Å². The first-order chi connectivity index (χ1) is 9.68. The number of rotatable bonds is 8. The fourth-order valence-corrected chi connectivity index (χ4v) is 5.00. The van der Waals surface area contributed by atoms with Crippen LogP contribution < -0.4 is 4.13 Å². The van der Waals surface area contributed by atoms with Crippen molar-refractivity contribution in [2.24, 2.45) is 0 Å². The molecule has 0 unspecified atom stereocenters. The second kappa shape index (κ2) is 7.58. The van der Waals surface area contributed by atoms with Gasteiger partial charge in [0.1, 0.15) is 0 Å². The van der Waals surface area contributed by atoms with Gasteiger partial charge in [-0.2, -0.15) is 0 Å². The summed E-state index contributed by atoms with van der Waals surface area (Å²) in [6.07, 6.45) is 0.840. The van der Waals surface area contributed by atoms with E-state index in [1.165, 1.54) is 12.1 Å². The predicted molar refractivity (Wildman–Crippen MR) is 84.6 cm³/mol. The summed E-state index contributed by atoms with van der Waals surface area (Å²) in [6.45, 7) is 3.98. The van der Waals surface area contributed by atoms with Gasteiger partial charge in [0.2, 0.25) is 10.0 Å². The van der Waals surface area contributed by atoms with Gasteiger partial charge in [-0.05, 0) is 36.5 Å². The molecular weight excluding hydrogens is 334 g/mol. The van der Waals surface area contributed by atoms with Crippen LogP contribution in [0, 0.1) is 0 Å². The highest BCUT2D eigenvalue weighted by atomic mass is 35.5. The van der Waals surface area contributed by atoms with E-state index in [-0.39, 0.29) is 16.6 Å². The molecule has 1 rings (SSSR count). The van der Waals surface area contributed by atoms with Gasteiger partial charge in [0.15, 0.2) is 0 Å². The molecule has 1 aromatic carbocycles. The third kappa shape index (κ3) is 5.94. The summed E-state index contributed by atoms with van der Waals surface area (Å²) in [5, 5.41) is 0. The topological polar surface area (TPSA) is 80.3 Å². The predicted octanol–water partition coefficient (Wildman–Crippen LogP) is 2.44. The monoisotopic (exact) mass is 353 g/mol. The Balaban J connectivity index is 2.86. The van der Waals surface area contributed by atoms with E-state index < -0.39 is 20.0 Å². The van der Waals surface area contributed by atoms with Crippen LogP contribution in [0.15, 0.2) is 29.2 Å². The van der Waals surface area contributed by atoms with Crippen molar-refractivity contribution in [2.75, 3.05) is 11.6 Å². The molecule has 1 aromatic rings. The zero-order valence-electron chi connectivity index (χ0n) is 12.0. The van der Waals surface area contributed by atoms with Gasteiger partial charge in [-0.3, -0.25) is 0 Å². The molecule has 0 fully saturated rings. The Morgan fingerprint density at radius 3 is 2.10 bits per heavy atom. The second-order valence-corrected chi connectivity index (χ2v) is 9.19. The van der Waals surface area contributed by atoms with Crippen LogP contribution in [0.2, 0.25) is 0 Å². The number of hydrogen-bond acceptors (Lipinski definition) is 4. The largest absolute Gasteiger partial charge is 0.253 e. The Labute approximate surface area is 131 Å². The quantitative estimate of drug-likeness (QED) is 0.575. The highest BCUT2D eigenvalue weighted by molar-refractivity contribution is 8.04. The molecule has 0 radical (unpaired) electrons. The number of benzene rings is 1. The summed E-state index contributed by atoms with van der Waals surface area (Å²) in [5.74, 6) is 0.358. The van der Waals surface area contributed by atoms with Crippen molar-refractivity contribution in [1.29, 1.82) is 0 Å². The number of unbranched alkanes of at least 4 members (excludes halogenated alkanes) is 1. The minimum absolute atomic E-state index is 0.0622. The normalized spacial score (nSPS) is 12.8. The zero-order valence-corrected chi connectivity index (χ0v) is 14.4. The van der Waals surface area contributed by atoms with E-state index in [4.69, 9.17) is 11.6 Å². The molecule has 0 heterocycles. The van der Waals surface area contributed by atoms with Crippen molar-refractivity contribution in [1.82, 2.24) is 4.13 Å². The van der Waals surface area contributed by atoms with Crippen LogP contribution in [0.4, 0.5) is 0 Å². The molecule has 0 amide bonds. The number of sulfonamides is 2. The van der Waals surface area contributed by atoms with Crippen LogP contribution in [-0.2, 0) is 20.0 Å². The van der Waals surface area contributed by atoms with Crippen LogP contribution >= 0.6 is 11.6 Å². The van der Waals surface area contributed by atoms with Crippen molar-refractivity contribution >= 4 is 31.6 Å². The molecule has 1 N–H and O–H groups in total. The lowest BCUT2D eigenvalue weighted by atomic mass is 10.0. The van der Waals surface area contributed by atoms with E-state index in [1.54, 1.807) is 16.3 Å². The van der Waals surface area contributed by atoms with Gasteiger partial charge >= 0.3 is 0 Å². The SMILES string of the molecule is CC(C)c1ccc(S(=O)(=O)NS(=O)(=O)CCCCCl)cc1. The highest BCUT2D eigenvalue weighted by Crippen LogP contribution is 2.17. The standard InChI is InChI=1S/C13H20ClNO4S2/c1-11(2)12-5-7-13(8-6-12)21(18,19)15-20(16,17)10-4-3-9-14/h5-8,11,15H,3-4,9-10H2,1-2H3. The Hall–Kier alpha value is -0.630. The maximum absolute atomic E-state index is 12.0. The molecule has 120 valence electrons. The molecule has 8 heteroatoms. The summed E-state index contributed by atoms with van der Waals surface area (Å²) < 4.78 is 49.3. The van der Waals surface area contributed by atoms with Crippen molar-refractivity contribution in [3.8, 4) is 0 Å². The van der Waals surface area contributed by atoms with Gasteiger partial charge < -0.3 is 0 Å². The fraction of sp³-hybridized carbons (Fsp3) is 0.538. The lowest BCUT2D eigenvalue weighted by molar-refractivity contribution is 0.575. The summed E-state index contributed by atoms with van der Waals surface area (Å²) >= 11 is 5.47. The summed E-state index contributed by atoms with van der Waals surface area (Å²) in [6, 6.07) is 6.18. The third-order valence-electron chi connectivity index (χ3n) is 2.89. The van der Waals surface area contributed by atoms with E-state index >= 15 is 0 Å². The minimum atomic E-state index is -4.07. The van der Waals surface area contributed by atoms with E-state index in [1.807, 2.05) is 13.8 Å². The maximum Gasteiger partial charge on any atom is 0.253 e. The van der Waals surface area contributed by atoms with Crippen LogP contribution in [0.1, 0.15) is 38.2 Å². The molecule has 0 saturated carbocycles. The lowest BCUT2D eigenvalue weighted by Gasteiger charge is -2.09. The lowest BCUT2D eigenvalue weighted by Crippen LogP contribution is -2.32. The van der Waals surface area contributed by atoms with E-state index in [9.17, 15) is 16.8 Å². The highest BCUT2D eigenvalue weighted by Gasteiger charge is 2.22. The first-order valence-corrected chi connectivity index (χ1v) is 10.3. The minimum Gasteiger partial charge on any atom is -0.211 e. The number of nitrogens with one attached hydrogen (secondary N) is 1. The first kappa shape index (κ1) is 18.4. The van der Waals surface area contributed by atoms with E-state index in [0.717, 1.165) is 5.56 Å². The third-order valence-corrected chi connectivity index (χ3v) is 6.77. The van der Waals surface area contributed by atoms with Crippen LogP contribution in [0.5, 0.6) is 0 Å². The molecule has 0 aliphatic heterocycles. The zero-order chi connectivity index (χ0) is 16.1. The smallest absolute Gasteiger partial charge is 0.211 e. The molecule has 0 bridgehead atoms. The van der Waals surface area contributed by atoms with Gasteiger partial charge in [0.25, 0.3) is 10.0 Å². The van der Waals surface area contributed by atoms with E-state index in [0.29, 0.717) is 18.7 Å². The van der Waals surface area contributed by atoms with E-state index in [2.05, 4.69) is 0 Å². The Bertz CT molecular complexity index is 652. The van der Waals surface area contributed by atoms with Crippen LogP contribution in [0.25, 0.3) is 0 Å². The second-order valence-electron chi connectivity index (χ2n) is 5.03. The van der Waals surface area contributed by atoms with Crippen molar-refractivity contribution in [3.63, 3.8) is 0 Å². The Kier molecular flexibility index (Phi) is 6.65. The van der Waals surface area contributed by atoms with Crippen LogP contribution in [0.3, 0.4) is 0 Å². The Morgan fingerprint density at radius 2 is 1.62 bits per heavy atom. The maximum atomic E-state index is 12.0. The molecular formula is C13H20ClNO4S2. The van der Waals surface area contributed by atoms with Gasteiger partial charge in [-0.15, -0.1) is 15.7 Å². The molecule has 5 nitrogen and oxygen atoms in total. The molecule has 0 atom stereocenters. The van der Waals surface area contributed by atoms with Gasteiger partial charge in [-0.1, -0.05) is 26.0 Å². The molecule has 0 aromatic heterocycles. The molecule has 21 heavy (non-hydrogen) atoms. The Morgan fingerprint density at radius 1 is 1.05 bits per heavy atom. The molecule has 0 aliphatic carbocycles. The van der Waals surface area contributed by atoms with Crippen molar-refractivity contribution < 1.29 is 16.8 Å². The van der Waals surface area contributed by atoms with Gasteiger partial charge in [0, 0.05) is 5.88 Å². The molecule has 0 aliphatic rings. The van der Waals surface area contributed by atoms with Gasteiger partial charge in [0.05, 0.1) is 10.6 Å². The first-order valence-electron chi connectivity index (χ1n) is 6.60. The molecule has 0 saturated heterocycles. The molecule has 0 spiro atoms. The average Bonchev–Trinajstić information content (AvgIpc) is 2.37. The van der Waals surface area contributed by atoms with Crippen LogP contribution in [-0.4, -0.2) is 28.5 Å². The summed E-state index contributed by atoms with van der Waals surface area (Å²) in [5.41, 5.74) is 0.985. The number of hydrogen-bond donors (Lipinski definition) is 1.